The maximum atomic E-state index is 5.54. The second-order valence-electron chi connectivity index (χ2n) is 4.22. The quantitative estimate of drug-likeness (QED) is 0.813. The predicted octanol–water partition coefficient (Wildman–Crippen LogP) is 1.85. The zero-order valence-corrected chi connectivity index (χ0v) is 9.28. The van der Waals surface area contributed by atoms with Gasteiger partial charge in [-0.25, -0.2) is 0 Å². The van der Waals surface area contributed by atoms with Crippen LogP contribution in [0.15, 0.2) is 30.3 Å². The Labute approximate surface area is 91.6 Å². The van der Waals surface area contributed by atoms with Gasteiger partial charge in [0.2, 0.25) is 0 Å². The minimum atomic E-state index is 0.423. The SMILES string of the molecule is COC1CCNCC1Cc1ccccc1. The summed E-state index contributed by atoms with van der Waals surface area (Å²) in [6.45, 7) is 2.16. The highest BCUT2D eigenvalue weighted by Crippen LogP contribution is 2.19. The average Bonchev–Trinajstić information content (AvgIpc) is 2.31. The van der Waals surface area contributed by atoms with E-state index >= 15 is 0 Å². The van der Waals surface area contributed by atoms with E-state index in [1.807, 2.05) is 7.11 Å². The molecule has 1 N–H and O–H groups in total. The lowest BCUT2D eigenvalue weighted by atomic mass is 9.89. The van der Waals surface area contributed by atoms with E-state index in [9.17, 15) is 0 Å². The maximum absolute atomic E-state index is 5.54. The smallest absolute Gasteiger partial charge is 0.0626 e. The minimum absolute atomic E-state index is 0.423. The number of piperidine rings is 1. The van der Waals surface area contributed by atoms with Crippen LogP contribution < -0.4 is 5.32 Å². The monoisotopic (exact) mass is 205 g/mol. The first-order valence-corrected chi connectivity index (χ1v) is 5.67. The van der Waals surface area contributed by atoms with Crippen LogP contribution in [-0.4, -0.2) is 26.3 Å². The van der Waals surface area contributed by atoms with Gasteiger partial charge in [-0.15, -0.1) is 0 Å². The molecule has 1 aromatic rings. The number of nitrogens with one attached hydrogen (secondary N) is 1. The van der Waals surface area contributed by atoms with Gasteiger partial charge in [0.25, 0.3) is 0 Å². The summed E-state index contributed by atoms with van der Waals surface area (Å²) in [5.74, 6) is 0.617. The Morgan fingerprint density at radius 3 is 2.87 bits per heavy atom. The summed E-state index contributed by atoms with van der Waals surface area (Å²) in [6.07, 6.45) is 2.67. The Hall–Kier alpha value is -0.860. The minimum Gasteiger partial charge on any atom is -0.381 e. The van der Waals surface area contributed by atoms with Crippen molar-refractivity contribution in [3.05, 3.63) is 35.9 Å². The molecule has 0 amide bonds. The van der Waals surface area contributed by atoms with Gasteiger partial charge in [-0.2, -0.15) is 0 Å². The first-order valence-electron chi connectivity index (χ1n) is 5.67. The Bertz CT molecular complexity index is 286. The van der Waals surface area contributed by atoms with Crippen molar-refractivity contribution < 1.29 is 4.74 Å². The third-order valence-electron chi connectivity index (χ3n) is 3.18. The molecular weight excluding hydrogens is 186 g/mol. The molecule has 1 fully saturated rings. The molecule has 0 saturated carbocycles. The summed E-state index contributed by atoms with van der Waals surface area (Å²) in [5, 5.41) is 3.44. The van der Waals surface area contributed by atoms with Crippen LogP contribution >= 0.6 is 0 Å². The van der Waals surface area contributed by atoms with E-state index in [1.165, 1.54) is 5.56 Å². The van der Waals surface area contributed by atoms with Crippen LogP contribution in [0.2, 0.25) is 0 Å². The van der Waals surface area contributed by atoms with Crippen molar-refractivity contribution in [2.24, 2.45) is 5.92 Å². The molecule has 15 heavy (non-hydrogen) atoms. The van der Waals surface area contributed by atoms with Gasteiger partial charge in [0, 0.05) is 19.6 Å². The van der Waals surface area contributed by atoms with E-state index in [1.54, 1.807) is 0 Å². The van der Waals surface area contributed by atoms with Crippen molar-refractivity contribution in [3.8, 4) is 0 Å². The number of hydrogen-bond acceptors (Lipinski definition) is 2. The number of rotatable bonds is 3. The normalized spacial score (nSPS) is 26.5. The van der Waals surface area contributed by atoms with Gasteiger partial charge in [0.05, 0.1) is 6.10 Å². The Morgan fingerprint density at radius 2 is 2.13 bits per heavy atom. The lowest BCUT2D eigenvalue weighted by Gasteiger charge is -2.31. The second kappa shape index (κ2) is 5.29. The number of hydrogen-bond donors (Lipinski definition) is 1. The van der Waals surface area contributed by atoms with E-state index in [2.05, 4.69) is 35.6 Å². The van der Waals surface area contributed by atoms with Crippen LogP contribution in [0.4, 0.5) is 0 Å². The molecule has 2 heteroatoms. The summed E-state index contributed by atoms with van der Waals surface area (Å²) in [5.41, 5.74) is 1.41. The summed E-state index contributed by atoms with van der Waals surface area (Å²) in [6, 6.07) is 10.7. The van der Waals surface area contributed by atoms with Gasteiger partial charge >= 0.3 is 0 Å². The zero-order valence-electron chi connectivity index (χ0n) is 9.28. The number of benzene rings is 1. The van der Waals surface area contributed by atoms with Crippen molar-refractivity contribution in [3.63, 3.8) is 0 Å². The van der Waals surface area contributed by atoms with Gasteiger partial charge in [-0.3, -0.25) is 0 Å². The van der Waals surface area contributed by atoms with Gasteiger partial charge in [-0.1, -0.05) is 30.3 Å². The van der Waals surface area contributed by atoms with Crippen LogP contribution in [0, 0.1) is 5.92 Å². The molecule has 0 aromatic heterocycles. The third kappa shape index (κ3) is 2.80. The molecule has 1 aromatic carbocycles. The lowest BCUT2D eigenvalue weighted by molar-refractivity contribution is 0.0311. The summed E-state index contributed by atoms with van der Waals surface area (Å²) >= 11 is 0. The summed E-state index contributed by atoms with van der Waals surface area (Å²) in [7, 11) is 1.83. The molecular formula is C13H19NO. The highest BCUT2D eigenvalue weighted by atomic mass is 16.5. The second-order valence-corrected chi connectivity index (χ2v) is 4.22. The highest BCUT2D eigenvalue weighted by molar-refractivity contribution is 5.15. The van der Waals surface area contributed by atoms with Crippen LogP contribution in [0.25, 0.3) is 0 Å². The molecule has 1 aliphatic rings. The van der Waals surface area contributed by atoms with Gasteiger partial charge in [-0.05, 0) is 24.9 Å². The maximum Gasteiger partial charge on any atom is 0.0626 e. The first-order chi connectivity index (χ1) is 7.40. The van der Waals surface area contributed by atoms with Crippen LogP contribution in [0.1, 0.15) is 12.0 Å². The standard InChI is InChI=1S/C13H19NO/c1-15-13-7-8-14-10-12(13)9-11-5-3-2-4-6-11/h2-6,12-14H,7-10H2,1H3. The van der Waals surface area contributed by atoms with E-state index in [-0.39, 0.29) is 0 Å². The third-order valence-corrected chi connectivity index (χ3v) is 3.18. The molecule has 0 bridgehead atoms. The van der Waals surface area contributed by atoms with Crippen molar-refractivity contribution in [1.82, 2.24) is 5.32 Å². The predicted molar refractivity (Wildman–Crippen MR) is 61.9 cm³/mol. The molecule has 1 heterocycles. The molecule has 0 aliphatic carbocycles. The average molecular weight is 205 g/mol. The fourth-order valence-corrected chi connectivity index (χ4v) is 2.33. The zero-order chi connectivity index (χ0) is 10.5. The highest BCUT2D eigenvalue weighted by Gasteiger charge is 2.24. The Kier molecular flexibility index (Phi) is 3.75. The molecule has 2 atom stereocenters. The van der Waals surface area contributed by atoms with Gasteiger partial charge in [0.15, 0.2) is 0 Å². The van der Waals surface area contributed by atoms with Crippen LogP contribution in [-0.2, 0) is 11.2 Å². The van der Waals surface area contributed by atoms with Crippen LogP contribution in [0.3, 0.4) is 0 Å². The molecule has 0 radical (unpaired) electrons. The van der Waals surface area contributed by atoms with Crippen molar-refractivity contribution in [2.45, 2.75) is 18.9 Å². The number of ether oxygens (including phenoxy) is 1. The molecule has 0 spiro atoms. The molecule has 2 rings (SSSR count). The Balaban J connectivity index is 1.97. The van der Waals surface area contributed by atoms with E-state index in [0.717, 1.165) is 25.9 Å². The Morgan fingerprint density at radius 1 is 1.33 bits per heavy atom. The van der Waals surface area contributed by atoms with Gasteiger partial charge < -0.3 is 10.1 Å². The van der Waals surface area contributed by atoms with Gasteiger partial charge in [0.1, 0.15) is 0 Å². The van der Waals surface area contributed by atoms with E-state index in [4.69, 9.17) is 4.74 Å². The lowest BCUT2D eigenvalue weighted by Crippen LogP contribution is -2.41. The largest absolute Gasteiger partial charge is 0.381 e. The topological polar surface area (TPSA) is 21.3 Å². The molecule has 2 unspecified atom stereocenters. The number of methoxy groups -OCH3 is 1. The molecule has 2 nitrogen and oxygen atoms in total. The molecule has 1 saturated heterocycles. The van der Waals surface area contributed by atoms with E-state index < -0.39 is 0 Å². The van der Waals surface area contributed by atoms with Crippen LogP contribution in [0.5, 0.6) is 0 Å². The molecule has 82 valence electrons. The summed E-state index contributed by atoms with van der Waals surface area (Å²) < 4.78 is 5.54. The first kappa shape index (κ1) is 10.7. The van der Waals surface area contributed by atoms with Crippen molar-refractivity contribution in [2.75, 3.05) is 20.2 Å². The fourth-order valence-electron chi connectivity index (χ4n) is 2.33. The fraction of sp³-hybridized carbons (Fsp3) is 0.538. The van der Waals surface area contributed by atoms with E-state index in [0.29, 0.717) is 12.0 Å². The van der Waals surface area contributed by atoms with Crippen molar-refractivity contribution in [1.29, 1.82) is 0 Å². The summed E-state index contributed by atoms with van der Waals surface area (Å²) in [4.78, 5) is 0. The molecule has 1 aliphatic heterocycles. The van der Waals surface area contributed by atoms with Crippen molar-refractivity contribution >= 4 is 0 Å².